The van der Waals surface area contributed by atoms with E-state index in [0.29, 0.717) is 0 Å². The van der Waals surface area contributed by atoms with E-state index in [1.54, 1.807) is 12.3 Å². The minimum atomic E-state index is 0.834. The SMILES string of the molecule is C=Cc1ncccc1S. The highest BCUT2D eigenvalue weighted by Gasteiger charge is 1.89. The monoisotopic (exact) mass is 137 g/mol. The minimum absolute atomic E-state index is 0.834. The van der Waals surface area contributed by atoms with Gasteiger partial charge in [0.25, 0.3) is 0 Å². The Kier molecular flexibility index (Phi) is 1.90. The lowest BCUT2D eigenvalue weighted by molar-refractivity contribution is 1.21. The third-order valence-corrected chi connectivity index (χ3v) is 1.39. The number of hydrogen-bond donors (Lipinski definition) is 1. The third-order valence-electron chi connectivity index (χ3n) is 1.01. The highest BCUT2D eigenvalue weighted by Crippen LogP contribution is 2.09. The van der Waals surface area contributed by atoms with Crippen LogP contribution in [-0.4, -0.2) is 4.98 Å². The number of hydrogen-bond acceptors (Lipinski definition) is 2. The Bertz CT molecular complexity index is 220. The van der Waals surface area contributed by atoms with Gasteiger partial charge < -0.3 is 0 Å². The standard InChI is InChI=1S/C7H7NS/c1-2-6-7(9)4-3-5-8-6/h2-5,9H,1H2. The summed E-state index contributed by atoms with van der Waals surface area (Å²) >= 11 is 4.14. The lowest BCUT2D eigenvalue weighted by Gasteiger charge is -1.93. The smallest absolute Gasteiger partial charge is 0.0756 e. The lowest BCUT2D eigenvalue weighted by Crippen LogP contribution is -1.78. The first-order valence-corrected chi connectivity index (χ1v) is 3.05. The van der Waals surface area contributed by atoms with Crippen molar-refractivity contribution in [1.82, 2.24) is 4.98 Å². The van der Waals surface area contributed by atoms with Crippen LogP contribution < -0.4 is 0 Å². The van der Waals surface area contributed by atoms with Gasteiger partial charge in [0, 0.05) is 11.1 Å². The van der Waals surface area contributed by atoms with Gasteiger partial charge in [0.15, 0.2) is 0 Å². The molecule has 9 heavy (non-hydrogen) atoms. The molecule has 0 saturated carbocycles. The van der Waals surface area contributed by atoms with Crippen LogP contribution in [0.2, 0.25) is 0 Å². The number of nitrogens with zero attached hydrogens (tertiary/aromatic N) is 1. The third kappa shape index (κ3) is 1.33. The van der Waals surface area contributed by atoms with Crippen LogP contribution in [0.15, 0.2) is 29.8 Å². The molecule has 46 valence electrons. The molecule has 0 aliphatic heterocycles. The summed E-state index contributed by atoms with van der Waals surface area (Å²) in [6, 6.07) is 3.72. The van der Waals surface area contributed by atoms with E-state index in [0.717, 1.165) is 10.6 Å². The van der Waals surface area contributed by atoms with Crippen LogP contribution in [0.4, 0.5) is 0 Å². The van der Waals surface area contributed by atoms with Crippen molar-refractivity contribution in [3.8, 4) is 0 Å². The van der Waals surface area contributed by atoms with Crippen molar-refractivity contribution >= 4 is 18.7 Å². The second kappa shape index (κ2) is 2.69. The molecule has 1 aromatic heterocycles. The Morgan fingerprint density at radius 1 is 1.67 bits per heavy atom. The van der Waals surface area contributed by atoms with Crippen molar-refractivity contribution in [1.29, 1.82) is 0 Å². The van der Waals surface area contributed by atoms with Crippen molar-refractivity contribution in [3.63, 3.8) is 0 Å². The molecule has 1 heterocycles. The van der Waals surface area contributed by atoms with Crippen molar-refractivity contribution in [3.05, 3.63) is 30.6 Å². The zero-order valence-corrected chi connectivity index (χ0v) is 5.81. The molecular weight excluding hydrogens is 130 g/mol. The van der Waals surface area contributed by atoms with Crippen LogP contribution in [0, 0.1) is 0 Å². The highest BCUT2D eigenvalue weighted by molar-refractivity contribution is 7.80. The molecule has 1 aromatic rings. The van der Waals surface area contributed by atoms with Crippen molar-refractivity contribution in [2.45, 2.75) is 4.90 Å². The largest absolute Gasteiger partial charge is 0.256 e. The fourth-order valence-electron chi connectivity index (χ4n) is 0.566. The maximum atomic E-state index is 4.14. The average Bonchev–Trinajstić information content (AvgIpc) is 1.89. The molecule has 1 nitrogen and oxygen atoms in total. The molecule has 0 atom stereocenters. The van der Waals surface area contributed by atoms with Crippen LogP contribution in [0.25, 0.3) is 6.08 Å². The summed E-state index contributed by atoms with van der Waals surface area (Å²) in [5.41, 5.74) is 0.834. The van der Waals surface area contributed by atoms with Gasteiger partial charge in [-0.3, -0.25) is 4.98 Å². The van der Waals surface area contributed by atoms with Gasteiger partial charge in [0.05, 0.1) is 5.69 Å². The first-order valence-electron chi connectivity index (χ1n) is 2.61. The molecule has 1 rings (SSSR count). The van der Waals surface area contributed by atoms with Crippen LogP contribution >= 0.6 is 12.6 Å². The van der Waals surface area contributed by atoms with Crippen LogP contribution in [-0.2, 0) is 0 Å². The minimum Gasteiger partial charge on any atom is -0.256 e. The average molecular weight is 137 g/mol. The molecule has 0 spiro atoms. The number of thiol groups is 1. The molecule has 0 N–H and O–H groups in total. The Hall–Kier alpha value is -0.760. The van der Waals surface area contributed by atoms with E-state index in [1.807, 2.05) is 12.1 Å². The molecule has 0 radical (unpaired) electrons. The zero-order valence-electron chi connectivity index (χ0n) is 4.91. The number of rotatable bonds is 1. The summed E-state index contributed by atoms with van der Waals surface area (Å²) in [6.45, 7) is 3.58. The molecule has 2 heteroatoms. The second-order valence-corrected chi connectivity index (χ2v) is 2.09. The Morgan fingerprint density at radius 3 is 2.89 bits per heavy atom. The molecular formula is C7H7NS. The van der Waals surface area contributed by atoms with Gasteiger partial charge >= 0.3 is 0 Å². The first-order chi connectivity index (χ1) is 4.34. The van der Waals surface area contributed by atoms with E-state index in [2.05, 4.69) is 24.2 Å². The van der Waals surface area contributed by atoms with E-state index >= 15 is 0 Å². The Labute approximate surface area is 59.8 Å². The second-order valence-electron chi connectivity index (χ2n) is 1.61. The van der Waals surface area contributed by atoms with Crippen molar-refractivity contribution < 1.29 is 0 Å². The van der Waals surface area contributed by atoms with Crippen molar-refractivity contribution in [2.24, 2.45) is 0 Å². The number of pyridine rings is 1. The quantitative estimate of drug-likeness (QED) is 0.584. The van der Waals surface area contributed by atoms with Gasteiger partial charge in [-0.1, -0.05) is 6.58 Å². The van der Waals surface area contributed by atoms with Gasteiger partial charge in [-0.25, -0.2) is 0 Å². The van der Waals surface area contributed by atoms with E-state index in [1.165, 1.54) is 0 Å². The summed E-state index contributed by atoms with van der Waals surface area (Å²) < 4.78 is 0. The van der Waals surface area contributed by atoms with Gasteiger partial charge in [-0.15, -0.1) is 12.6 Å². The maximum absolute atomic E-state index is 4.14. The zero-order chi connectivity index (χ0) is 6.69. The van der Waals surface area contributed by atoms with Crippen LogP contribution in [0.1, 0.15) is 5.69 Å². The molecule has 0 saturated heterocycles. The summed E-state index contributed by atoms with van der Waals surface area (Å²) in [5.74, 6) is 0. The summed E-state index contributed by atoms with van der Waals surface area (Å²) in [7, 11) is 0. The van der Waals surface area contributed by atoms with Crippen LogP contribution in [0.3, 0.4) is 0 Å². The summed E-state index contributed by atoms with van der Waals surface area (Å²) in [4.78, 5) is 4.87. The molecule has 0 fully saturated rings. The molecule has 0 aliphatic rings. The fourth-order valence-corrected chi connectivity index (χ4v) is 0.801. The highest BCUT2D eigenvalue weighted by atomic mass is 32.1. The Balaban J connectivity index is 3.15. The van der Waals surface area contributed by atoms with Gasteiger partial charge in [0.2, 0.25) is 0 Å². The predicted octanol–water partition coefficient (Wildman–Crippen LogP) is 2.01. The molecule has 0 aliphatic carbocycles. The van der Waals surface area contributed by atoms with E-state index < -0.39 is 0 Å². The predicted molar refractivity (Wildman–Crippen MR) is 41.6 cm³/mol. The molecule has 0 aromatic carbocycles. The number of aromatic nitrogens is 1. The van der Waals surface area contributed by atoms with Crippen molar-refractivity contribution in [2.75, 3.05) is 0 Å². The molecule has 0 amide bonds. The summed E-state index contributed by atoms with van der Waals surface area (Å²) in [5, 5.41) is 0. The van der Waals surface area contributed by atoms with Gasteiger partial charge in [-0.2, -0.15) is 0 Å². The van der Waals surface area contributed by atoms with E-state index in [4.69, 9.17) is 0 Å². The fraction of sp³-hybridized carbons (Fsp3) is 0. The normalized spacial score (nSPS) is 9.00. The first kappa shape index (κ1) is 6.36. The van der Waals surface area contributed by atoms with E-state index in [9.17, 15) is 0 Å². The maximum Gasteiger partial charge on any atom is 0.0756 e. The molecule has 0 bridgehead atoms. The van der Waals surface area contributed by atoms with Crippen LogP contribution in [0.5, 0.6) is 0 Å². The van der Waals surface area contributed by atoms with Gasteiger partial charge in [0.1, 0.15) is 0 Å². The molecule has 0 unspecified atom stereocenters. The topological polar surface area (TPSA) is 12.9 Å². The van der Waals surface area contributed by atoms with E-state index in [-0.39, 0.29) is 0 Å². The Morgan fingerprint density at radius 2 is 2.44 bits per heavy atom. The lowest BCUT2D eigenvalue weighted by atomic mass is 10.3. The van der Waals surface area contributed by atoms with Gasteiger partial charge in [-0.05, 0) is 18.2 Å². The summed E-state index contributed by atoms with van der Waals surface area (Å²) in [6.07, 6.45) is 3.40.